The highest BCUT2D eigenvalue weighted by molar-refractivity contribution is 7.20. The minimum Gasteiger partial charge on any atom is -0.365 e. The van der Waals surface area contributed by atoms with E-state index in [1.807, 2.05) is 32.0 Å². The fraction of sp³-hybridized carbons (Fsp3) is 0.333. The lowest BCUT2D eigenvalue weighted by atomic mass is 9.95. The van der Waals surface area contributed by atoms with E-state index < -0.39 is 0 Å². The average Bonchev–Trinajstić information content (AvgIpc) is 3.18. The van der Waals surface area contributed by atoms with Crippen molar-refractivity contribution in [2.24, 2.45) is 5.73 Å². The van der Waals surface area contributed by atoms with Crippen molar-refractivity contribution in [2.45, 2.75) is 26.2 Å². The highest BCUT2D eigenvalue weighted by Gasteiger charge is 2.31. The maximum absolute atomic E-state index is 12.0. The van der Waals surface area contributed by atoms with E-state index in [0.29, 0.717) is 4.88 Å². The molecule has 1 saturated heterocycles. The van der Waals surface area contributed by atoms with Gasteiger partial charge in [0.2, 0.25) is 0 Å². The van der Waals surface area contributed by atoms with Crippen LogP contribution in [0.2, 0.25) is 0 Å². The Hall–Kier alpha value is -2.54. The summed E-state index contributed by atoms with van der Waals surface area (Å²) in [5, 5.41) is 1.04. The minimum atomic E-state index is -0.370. The number of rotatable bonds is 3. The molecule has 0 unspecified atom stereocenters. The largest absolute Gasteiger partial charge is 0.365 e. The number of fused-ring (bicyclic) bond motifs is 1. The zero-order valence-electron chi connectivity index (χ0n) is 14.2. The lowest BCUT2D eigenvalue weighted by Crippen LogP contribution is -2.21. The first-order valence-corrected chi connectivity index (χ1v) is 9.09. The van der Waals surface area contributed by atoms with Crippen molar-refractivity contribution in [3.63, 3.8) is 0 Å². The number of carbonyl (C=O) groups excluding carboxylic acids is 1. The van der Waals surface area contributed by atoms with Crippen molar-refractivity contribution < 1.29 is 4.79 Å². The molecule has 1 atom stereocenters. The summed E-state index contributed by atoms with van der Waals surface area (Å²) >= 11 is 1.39. The van der Waals surface area contributed by atoms with Gasteiger partial charge in [0, 0.05) is 42.4 Å². The molecule has 7 heteroatoms. The third-order valence-electron chi connectivity index (χ3n) is 4.60. The zero-order chi connectivity index (χ0) is 17.6. The van der Waals surface area contributed by atoms with Gasteiger partial charge >= 0.3 is 0 Å². The van der Waals surface area contributed by atoms with E-state index in [9.17, 15) is 4.79 Å². The Labute approximate surface area is 149 Å². The van der Waals surface area contributed by atoms with Crippen molar-refractivity contribution >= 4 is 33.3 Å². The Morgan fingerprint density at radius 3 is 2.96 bits per heavy atom. The molecule has 25 heavy (non-hydrogen) atoms. The fourth-order valence-corrected chi connectivity index (χ4v) is 4.68. The first-order chi connectivity index (χ1) is 12.0. The average molecular weight is 353 g/mol. The lowest BCUT2D eigenvalue weighted by molar-refractivity contribution is 0.100. The second-order valence-corrected chi connectivity index (χ2v) is 7.41. The number of amides is 1. The van der Waals surface area contributed by atoms with E-state index in [-0.39, 0.29) is 11.8 Å². The first kappa shape index (κ1) is 16.0. The number of primary amides is 1. The third kappa shape index (κ3) is 2.84. The first-order valence-electron chi connectivity index (χ1n) is 8.27. The predicted octanol–water partition coefficient (Wildman–Crippen LogP) is 2.80. The fourth-order valence-electron chi connectivity index (χ4n) is 3.60. The molecule has 1 aliphatic heterocycles. The van der Waals surface area contributed by atoms with E-state index in [1.54, 1.807) is 6.20 Å². The molecule has 0 bridgehead atoms. The highest BCUT2D eigenvalue weighted by Crippen LogP contribution is 2.39. The summed E-state index contributed by atoms with van der Waals surface area (Å²) in [4.78, 5) is 29.0. The summed E-state index contributed by atoms with van der Waals surface area (Å²) in [5.41, 5.74) is 7.65. The lowest BCUT2D eigenvalue weighted by Gasteiger charge is -2.18. The van der Waals surface area contributed by atoms with Gasteiger partial charge in [0.15, 0.2) is 0 Å². The van der Waals surface area contributed by atoms with Gasteiger partial charge in [-0.05, 0) is 31.9 Å². The molecule has 3 aromatic rings. The zero-order valence-corrected chi connectivity index (χ0v) is 15.0. The van der Waals surface area contributed by atoms with Gasteiger partial charge in [0.25, 0.3) is 5.91 Å². The normalized spacial score (nSPS) is 17.4. The van der Waals surface area contributed by atoms with Crippen LogP contribution in [0.1, 0.15) is 39.1 Å². The smallest absolute Gasteiger partial charge is 0.259 e. The standard InChI is InChI=1S/C18H19N5OS/c1-10-8-14(22-11(2)21-10)23-7-5-12(9-23)15-13-4-3-6-20-18(13)25-16(15)17(19)24/h3-4,6,8,12H,5,7,9H2,1-2H3,(H2,19,24)/t12-/m1/s1. The van der Waals surface area contributed by atoms with Gasteiger partial charge in [-0.15, -0.1) is 11.3 Å². The Balaban J connectivity index is 1.71. The van der Waals surface area contributed by atoms with Crippen LogP contribution in [0.15, 0.2) is 24.4 Å². The van der Waals surface area contributed by atoms with Crippen molar-refractivity contribution in [3.05, 3.63) is 46.4 Å². The molecule has 4 rings (SSSR count). The molecule has 0 radical (unpaired) electrons. The van der Waals surface area contributed by atoms with E-state index in [4.69, 9.17) is 5.73 Å². The Morgan fingerprint density at radius 1 is 1.36 bits per heavy atom. The Bertz CT molecular complexity index is 947. The van der Waals surface area contributed by atoms with Gasteiger partial charge in [-0.1, -0.05) is 6.07 Å². The number of nitrogens with zero attached hydrogens (tertiary/aromatic N) is 4. The summed E-state index contributed by atoms with van der Waals surface area (Å²) in [6, 6.07) is 5.95. The van der Waals surface area contributed by atoms with Crippen molar-refractivity contribution in [1.29, 1.82) is 0 Å². The Kier molecular flexibility index (Phi) is 3.88. The quantitative estimate of drug-likeness (QED) is 0.782. The number of anilines is 1. The number of carbonyl (C=O) groups is 1. The van der Waals surface area contributed by atoms with Crippen LogP contribution >= 0.6 is 11.3 Å². The molecule has 1 aliphatic rings. The summed E-state index contributed by atoms with van der Waals surface area (Å²) in [6.45, 7) is 5.61. The maximum atomic E-state index is 12.0. The summed E-state index contributed by atoms with van der Waals surface area (Å²) in [6.07, 6.45) is 2.71. The monoisotopic (exact) mass is 353 g/mol. The van der Waals surface area contributed by atoms with Gasteiger partial charge in [-0.25, -0.2) is 15.0 Å². The maximum Gasteiger partial charge on any atom is 0.259 e. The van der Waals surface area contributed by atoms with Gasteiger partial charge in [-0.3, -0.25) is 4.79 Å². The van der Waals surface area contributed by atoms with Crippen molar-refractivity contribution in [1.82, 2.24) is 15.0 Å². The van der Waals surface area contributed by atoms with Gasteiger partial charge in [0.1, 0.15) is 16.5 Å². The summed E-state index contributed by atoms with van der Waals surface area (Å²) < 4.78 is 0. The Morgan fingerprint density at radius 2 is 2.20 bits per heavy atom. The molecule has 128 valence electrons. The van der Waals surface area contributed by atoms with E-state index in [2.05, 4.69) is 19.9 Å². The van der Waals surface area contributed by atoms with Crippen LogP contribution in [-0.4, -0.2) is 33.9 Å². The van der Waals surface area contributed by atoms with Gasteiger partial charge in [0.05, 0.1) is 4.88 Å². The van der Waals surface area contributed by atoms with E-state index >= 15 is 0 Å². The van der Waals surface area contributed by atoms with Crippen molar-refractivity contribution in [2.75, 3.05) is 18.0 Å². The molecule has 0 aliphatic carbocycles. The highest BCUT2D eigenvalue weighted by atomic mass is 32.1. The number of pyridine rings is 1. The number of thiophene rings is 1. The molecule has 0 spiro atoms. The second-order valence-electron chi connectivity index (χ2n) is 6.41. The van der Waals surface area contributed by atoms with Crippen LogP contribution in [0.5, 0.6) is 0 Å². The minimum absolute atomic E-state index is 0.246. The third-order valence-corrected chi connectivity index (χ3v) is 5.75. The van der Waals surface area contributed by atoms with Crippen LogP contribution in [-0.2, 0) is 0 Å². The molecule has 1 fully saturated rings. The number of hydrogen-bond acceptors (Lipinski definition) is 6. The molecular formula is C18H19N5OS. The molecule has 2 N–H and O–H groups in total. The van der Waals surface area contributed by atoms with E-state index in [0.717, 1.165) is 52.6 Å². The van der Waals surface area contributed by atoms with Crippen LogP contribution in [0.3, 0.4) is 0 Å². The van der Waals surface area contributed by atoms with E-state index in [1.165, 1.54) is 11.3 Å². The van der Waals surface area contributed by atoms with Crippen LogP contribution in [0.25, 0.3) is 10.2 Å². The molecule has 3 aromatic heterocycles. The SMILES string of the molecule is Cc1cc(N2CC[C@@H](c3c(C(N)=O)sc4ncccc34)C2)nc(C)n1. The van der Waals surface area contributed by atoms with Gasteiger partial charge < -0.3 is 10.6 Å². The molecular weight excluding hydrogens is 334 g/mol. The topological polar surface area (TPSA) is 85.0 Å². The predicted molar refractivity (Wildman–Crippen MR) is 99.2 cm³/mol. The van der Waals surface area contributed by atoms with Gasteiger partial charge in [-0.2, -0.15) is 0 Å². The van der Waals surface area contributed by atoms with Crippen LogP contribution < -0.4 is 10.6 Å². The number of aryl methyl sites for hydroxylation is 2. The molecule has 0 aromatic carbocycles. The molecule has 1 amide bonds. The second kappa shape index (κ2) is 6.07. The van der Waals surface area contributed by atoms with Crippen molar-refractivity contribution in [3.8, 4) is 0 Å². The van der Waals surface area contributed by atoms with Crippen LogP contribution in [0, 0.1) is 13.8 Å². The molecule has 0 saturated carbocycles. The summed E-state index contributed by atoms with van der Waals surface area (Å²) in [5.74, 6) is 1.61. The molecule has 6 nitrogen and oxygen atoms in total. The van der Waals surface area contributed by atoms with Crippen LogP contribution in [0.4, 0.5) is 5.82 Å². The molecule has 4 heterocycles. The summed E-state index contributed by atoms with van der Waals surface area (Å²) in [7, 11) is 0. The number of hydrogen-bond donors (Lipinski definition) is 1. The number of aromatic nitrogens is 3. The number of nitrogens with two attached hydrogens (primary N) is 1.